The molecule has 0 spiro atoms. The van der Waals surface area contributed by atoms with Crippen LogP contribution in [0.15, 0.2) is 25.6 Å². The summed E-state index contributed by atoms with van der Waals surface area (Å²) >= 11 is 10.1. The Kier molecular flexibility index (Phi) is 2.73. The summed E-state index contributed by atoms with van der Waals surface area (Å²) in [4.78, 5) is 0. The van der Waals surface area contributed by atoms with Crippen LogP contribution in [0.3, 0.4) is 0 Å². The molecule has 0 aromatic heterocycles. The summed E-state index contributed by atoms with van der Waals surface area (Å²) in [6.45, 7) is 0. The van der Waals surface area contributed by atoms with Gasteiger partial charge in [-0.15, -0.1) is 19.0 Å². The molecule has 4 rings (SSSR count). The van der Waals surface area contributed by atoms with E-state index in [1.165, 1.54) is 5.17 Å². The Morgan fingerprint density at radius 2 is 1.62 bits per heavy atom. The quantitative estimate of drug-likeness (QED) is 0.622. The normalized spacial score (nSPS) is 31.7. The van der Waals surface area contributed by atoms with Gasteiger partial charge in [-0.1, -0.05) is 15.9 Å². The first-order valence-corrected chi connectivity index (χ1v) is 7.76. The zero-order valence-corrected chi connectivity index (χ0v) is 12.9. The molecule has 1 aromatic rings. The Morgan fingerprint density at radius 3 is 2.06 bits per heavy atom. The van der Waals surface area contributed by atoms with E-state index in [1.54, 1.807) is 0 Å². The largest absolute Gasteiger partial charge is 0.538 e. The predicted octanol–water partition coefficient (Wildman–Crippen LogP) is 3.93. The van der Waals surface area contributed by atoms with Gasteiger partial charge in [0.2, 0.25) is 0 Å². The zero-order valence-electron chi connectivity index (χ0n) is 7.26. The molecule has 3 aliphatic heterocycles. The summed E-state index contributed by atoms with van der Waals surface area (Å²) in [5, 5.41) is 2.08. The van der Waals surface area contributed by atoms with E-state index in [0.29, 0.717) is 5.69 Å². The summed E-state index contributed by atoms with van der Waals surface area (Å²) in [7, 11) is -3.37. The summed E-state index contributed by atoms with van der Waals surface area (Å²) < 4.78 is 28.2. The fourth-order valence-corrected chi connectivity index (χ4v) is 4.68. The molecule has 6 nitrogen and oxygen atoms in total. The van der Waals surface area contributed by atoms with E-state index in [4.69, 9.17) is 13.9 Å². The first kappa shape index (κ1) is 11.6. The fraction of sp³-hybridized carbons (Fsp3) is 0. The van der Waals surface area contributed by atoms with Crippen molar-refractivity contribution in [2.45, 2.75) is 0 Å². The predicted molar refractivity (Wildman–Crippen MR) is 64.7 cm³/mol. The smallest absolute Gasteiger partial charge is 0.222 e. The standard InChI is InChI=1S/C6H2Br3N2O4P/c7-3-1-4(8)6(5(9)2-3)10-11-14-16(12,13-10)15-11/h1-2H. The van der Waals surface area contributed by atoms with Crippen LogP contribution in [0.4, 0.5) is 5.69 Å². The maximum atomic E-state index is 11.4. The number of anilines is 1. The minimum absolute atomic E-state index is 0.596. The van der Waals surface area contributed by atoms with E-state index in [0.717, 1.165) is 18.8 Å². The average molecular weight is 437 g/mol. The van der Waals surface area contributed by atoms with Crippen LogP contribution in [0.2, 0.25) is 0 Å². The number of rotatable bonds is 1. The topological polar surface area (TPSA) is 51.2 Å². The third-order valence-corrected chi connectivity index (χ3v) is 4.54. The lowest BCUT2D eigenvalue weighted by atomic mass is 10.3. The molecule has 3 fully saturated rings. The van der Waals surface area contributed by atoms with Crippen LogP contribution in [0, 0.1) is 0 Å². The molecule has 1 aromatic carbocycles. The second-order valence-electron chi connectivity index (χ2n) is 2.92. The molecule has 10 heteroatoms. The van der Waals surface area contributed by atoms with Gasteiger partial charge in [-0.25, -0.2) is 4.57 Å². The number of halogens is 3. The Balaban J connectivity index is 2.05. The minimum atomic E-state index is -3.37. The van der Waals surface area contributed by atoms with Crippen molar-refractivity contribution in [1.29, 1.82) is 0 Å². The third kappa shape index (κ3) is 1.70. The second kappa shape index (κ2) is 3.76. The van der Waals surface area contributed by atoms with Crippen molar-refractivity contribution in [1.82, 2.24) is 5.34 Å². The van der Waals surface area contributed by atoms with E-state index in [2.05, 4.69) is 47.8 Å². The highest BCUT2D eigenvalue weighted by Crippen LogP contribution is 2.68. The molecule has 0 aliphatic carbocycles. The van der Waals surface area contributed by atoms with Crippen LogP contribution in [0.25, 0.3) is 0 Å². The van der Waals surface area contributed by atoms with Gasteiger partial charge < -0.3 is 0 Å². The van der Waals surface area contributed by atoms with Gasteiger partial charge in [0.1, 0.15) is 5.69 Å². The van der Waals surface area contributed by atoms with Crippen molar-refractivity contribution in [2.75, 3.05) is 5.17 Å². The molecule has 3 aliphatic rings. The Labute approximate surface area is 115 Å². The second-order valence-corrected chi connectivity index (χ2v) is 6.93. The number of hydrogen-bond donors (Lipinski definition) is 0. The molecule has 3 saturated heterocycles. The fourth-order valence-electron chi connectivity index (χ4n) is 1.24. The van der Waals surface area contributed by atoms with Gasteiger partial charge in [0, 0.05) is 13.4 Å². The molecule has 0 amide bonds. The van der Waals surface area contributed by atoms with Gasteiger partial charge in [-0.05, 0) is 44.0 Å². The summed E-state index contributed by atoms with van der Waals surface area (Å²) in [5.74, 6) is 0. The van der Waals surface area contributed by atoms with Crippen LogP contribution >= 0.6 is 55.6 Å². The zero-order chi connectivity index (χ0) is 11.5. The van der Waals surface area contributed by atoms with Crippen molar-refractivity contribution in [2.24, 2.45) is 0 Å². The summed E-state index contributed by atoms with van der Waals surface area (Å²) in [6.07, 6.45) is 0. The molecule has 0 atom stereocenters. The molecule has 16 heavy (non-hydrogen) atoms. The number of fused-ring (bicyclic) bond motifs is 1. The van der Waals surface area contributed by atoms with Gasteiger partial charge in [0.15, 0.2) is 0 Å². The van der Waals surface area contributed by atoms with Crippen LogP contribution in [-0.2, 0) is 18.4 Å². The maximum Gasteiger partial charge on any atom is 0.538 e. The van der Waals surface area contributed by atoms with Gasteiger partial charge in [0.05, 0.1) is 5.34 Å². The average Bonchev–Trinajstić information content (AvgIpc) is 2.55. The number of nitrogens with zero attached hydrogens (tertiary/aromatic N) is 2. The number of hydrogen-bond acceptors (Lipinski definition) is 6. The van der Waals surface area contributed by atoms with Crippen molar-refractivity contribution < 1.29 is 18.4 Å². The van der Waals surface area contributed by atoms with Crippen LogP contribution < -0.4 is 5.17 Å². The van der Waals surface area contributed by atoms with E-state index in [9.17, 15) is 4.57 Å². The number of hydrazine groups is 1. The first-order valence-electron chi connectivity index (χ1n) is 3.92. The van der Waals surface area contributed by atoms with E-state index in [-0.39, 0.29) is 0 Å². The SMILES string of the molecule is O=P12ON(O1)N(c1c(Br)cc(Br)cc1Br)O2. The Bertz CT molecular complexity index is 493. The molecule has 0 N–H and O–H groups in total. The minimum Gasteiger partial charge on any atom is -0.222 e. The van der Waals surface area contributed by atoms with Gasteiger partial charge in [-0.3, -0.25) is 0 Å². The monoisotopic (exact) mass is 434 g/mol. The highest BCUT2D eigenvalue weighted by molar-refractivity contribution is 9.11. The molecule has 0 radical (unpaired) electrons. The summed E-state index contributed by atoms with van der Waals surface area (Å²) in [6, 6.07) is 3.63. The van der Waals surface area contributed by atoms with E-state index in [1.807, 2.05) is 12.1 Å². The van der Waals surface area contributed by atoms with E-state index < -0.39 is 7.82 Å². The lowest BCUT2D eigenvalue weighted by Crippen LogP contribution is -2.34. The molecular formula is C6H2Br3N2O4P. The maximum absolute atomic E-state index is 11.4. The van der Waals surface area contributed by atoms with Crippen molar-refractivity contribution in [3.8, 4) is 0 Å². The lowest BCUT2D eigenvalue weighted by Gasteiger charge is -2.22. The Morgan fingerprint density at radius 1 is 1.06 bits per heavy atom. The van der Waals surface area contributed by atoms with E-state index >= 15 is 0 Å². The molecule has 0 unspecified atom stereocenters. The first-order chi connectivity index (χ1) is 7.48. The van der Waals surface area contributed by atoms with Crippen LogP contribution in [0.5, 0.6) is 0 Å². The molecule has 2 bridgehead atoms. The summed E-state index contributed by atoms with van der Waals surface area (Å²) in [5.41, 5.74) is 0.596. The van der Waals surface area contributed by atoms with Gasteiger partial charge in [-0.2, -0.15) is 0 Å². The van der Waals surface area contributed by atoms with Crippen molar-refractivity contribution >= 4 is 61.3 Å². The van der Waals surface area contributed by atoms with Gasteiger partial charge >= 0.3 is 7.82 Å². The Hall–Kier alpha value is 0.530. The molecular weight excluding hydrogens is 435 g/mol. The number of benzene rings is 1. The highest BCUT2D eigenvalue weighted by Gasteiger charge is 2.60. The highest BCUT2D eigenvalue weighted by atomic mass is 79.9. The van der Waals surface area contributed by atoms with Crippen molar-refractivity contribution in [3.05, 3.63) is 25.6 Å². The van der Waals surface area contributed by atoms with Crippen LogP contribution in [-0.4, -0.2) is 5.34 Å². The molecule has 86 valence electrons. The molecule has 3 heterocycles. The third-order valence-electron chi connectivity index (χ3n) is 1.84. The molecule has 0 saturated carbocycles. The van der Waals surface area contributed by atoms with Crippen molar-refractivity contribution in [3.63, 3.8) is 0 Å². The van der Waals surface area contributed by atoms with Crippen LogP contribution in [0.1, 0.15) is 0 Å². The van der Waals surface area contributed by atoms with Gasteiger partial charge in [0.25, 0.3) is 0 Å². The number of phosphoric acid groups is 1. The lowest BCUT2D eigenvalue weighted by molar-refractivity contribution is -0.318.